The topological polar surface area (TPSA) is 46.6 Å². The van der Waals surface area contributed by atoms with Gasteiger partial charge in [-0.05, 0) is 36.6 Å². The predicted molar refractivity (Wildman–Crippen MR) is 91.6 cm³/mol. The van der Waals surface area contributed by atoms with Crippen molar-refractivity contribution in [1.29, 1.82) is 0 Å². The lowest BCUT2D eigenvalue weighted by Crippen LogP contribution is -2.37. The first-order valence-corrected chi connectivity index (χ1v) is 8.72. The Hall–Kier alpha value is -1.92. The van der Waals surface area contributed by atoms with Crippen LogP contribution >= 0.6 is 11.9 Å². The highest BCUT2D eigenvalue weighted by atomic mass is 32.2. The number of hydrogen-bond acceptors (Lipinski definition) is 6. The molecule has 4 rings (SSSR count). The van der Waals surface area contributed by atoms with Gasteiger partial charge < -0.3 is 14.4 Å². The molecule has 0 radical (unpaired) electrons. The maximum atomic E-state index is 5.54. The molecular weight excluding hydrogens is 310 g/mol. The molecule has 0 aliphatic carbocycles. The second-order valence-corrected chi connectivity index (χ2v) is 6.70. The van der Waals surface area contributed by atoms with Crippen LogP contribution in [0.4, 0.5) is 5.69 Å². The van der Waals surface area contributed by atoms with Gasteiger partial charge in [-0.2, -0.15) is 0 Å². The summed E-state index contributed by atoms with van der Waals surface area (Å²) in [6.07, 6.45) is 6.09. The summed E-state index contributed by atoms with van der Waals surface area (Å²) >= 11 is 1.80. The zero-order valence-corrected chi connectivity index (χ0v) is 13.6. The zero-order chi connectivity index (χ0) is 15.5. The number of pyridine rings is 1. The van der Waals surface area contributed by atoms with E-state index in [1.165, 1.54) is 12.0 Å². The fourth-order valence-corrected chi connectivity index (χ4v) is 3.96. The first-order valence-electron chi connectivity index (χ1n) is 7.84. The molecule has 2 aromatic rings. The highest BCUT2D eigenvalue weighted by Gasteiger charge is 2.24. The molecule has 1 unspecified atom stereocenters. The van der Waals surface area contributed by atoms with Gasteiger partial charge in [-0.1, -0.05) is 18.0 Å². The molecule has 120 valence electrons. The maximum Gasteiger partial charge on any atom is 0.231 e. The summed E-state index contributed by atoms with van der Waals surface area (Å²) < 4.78 is 14.4. The number of fused-ring (bicyclic) bond motifs is 1. The lowest BCUT2D eigenvalue weighted by Gasteiger charge is -2.35. The number of anilines is 1. The number of ether oxygens (including phenoxy) is 2. The first kappa shape index (κ1) is 14.7. The molecule has 0 amide bonds. The van der Waals surface area contributed by atoms with Crippen LogP contribution < -0.4 is 19.1 Å². The molecular formula is C17H19N3O2S. The Bertz CT molecular complexity index is 662. The molecule has 5 nitrogen and oxygen atoms in total. The van der Waals surface area contributed by atoms with Gasteiger partial charge in [0.2, 0.25) is 6.79 Å². The molecule has 1 saturated heterocycles. The van der Waals surface area contributed by atoms with Crippen LogP contribution in [0, 0.1) is 0 Å². The van der Waals surface area contributed by atoms with Crippen LogP contribution in [0.5, 0.6) is 11.5 Å². The van der Waals surface area contributed by atoms with Crippen LogP contribution in [-0.2, 0) is 6.54 Å². The van der Waals surface area contributed by atoms with Crippen molar-refractivity contribution in [2.45, 2.75) is 24.8 Å². The van der Waals surface area contributed by atoms with Crippen molar-refractivity contribution in [2.75, 3.05) is 18.2 Å². The van der Waals surface area contributed by atoms with Crippen LogP contribution in [0.25, 0.3) is 0 Å². The van der Waals surface area contributed by atoms with Gasteiger partial charge in [0.1, 0.15) is 0 Å². The molecule has 1 aromatic carbocycles. The molecule has 0 spiro atoms. The van der Waals surface area contributed by atoms with Crippen LogP contribution in [0.2, 0.25) is 0 Å². The van der Waals surface area contributed by atoms with Crippen LogP contribution in [0.15, 0.2) is 42.7 Å². The standard InChI is InChI=1S/C17H19N3O2S/c1-3-13(10-18-7-1)11-20(17-4-2-8-19-23-17)14-5-6-15-16(9-14)22-12-21-15/h1,3,5-7,9-10,17,19H,2,4,8,11-12H2. The Morgan fingerprint density at radius 1 is 1.26 bits per heavy atom. The smallest absolute Gasteiger partial charge is 0.231 e. The number of benzene rings is 1. The van der Waals surface area contributed by atoms with E-state index in [1.807, 2.05) is 24.5 Å². The van der Waals surface area contributed by atoms with Crippen LogP contribution in [0.3, 0.4) is 0 Å². The van der Waals surface area contributed by atoms with Crippen LogP contribution in [-0.4, -0.2) is 23.7 Å². The quantitative estimate of drug-likeness (QED) is 0.870. The van der Waals surface area contributed by atoms with E-state index in [0.717, 1.165) is 36.7 Å². The Morgan fingerprint density at radius 3 is 3.04 bits per heavy atom. The lowest BCUT2D eigenvalue weighted by molar-refractivity contribution is 0.174. The summed E-state index contributed by atoms with van der Waals surface area (Å²) in [5.41, 5.74) is 2.36. The second kappa shape index (κ2) is 6.68. The molecule has 1 atom stereocenters. The summed E-state index contributed by atoms with van der Waals surface area (Å²) in [4.78, 5) is 6.65. The van der Waals surface area contributed by atoms with Crippen LogP contribution in [0.1, 0.15) is 18.4 Å². The largest absolute Gasteiger partial charge is 0.454 e. The van der Waals surface area contributed by atoms with Gasteiger partial charge in [0.15, 0.2) is 11.5 Å². The number of nitrogens with zero attached hydrogens (tertiary/aromatic N) is 2. The SMILES string of the molecule is c1cncc(CN(c2ccc3c(c2)OCO3)C2CCCNS2)c1. The monoisotopic (exact) mass is 329 g/mol. The summed E-state index contributed by atoms with van der Waals surface area (Å²) in [6.45, 7) is 2.21. The van der Waals surface area contributed by atoms with E-state index in [9.17, 15) is 0 Å². The molecule has 0 bridgehead atoms. The third-order valence-corrected chi connectivity index (χ3v) is 5.19. The van der Waals surface area contributed by atoms with Crippen molar-refractivity contribution in [2.24, 2.45) is 0 Å². The molecule has 23 heavy (non-hydrogen) atoms. The summed E-state index contributed by atoms with van der Waals surface area (Å²) in [6, 6.07) is 10.3. The summed E-state index contributed by atoms with van der Waals surface area (Å²) in [5, 5.41) is 0.393. The van der Waals surface area contributed by atoms with E-state index >= 15 is 0 Å². The Labute approximate surface area is 140 Å². The number of hydrogen-bond donors (Lipinski definition) is 1. The van der Waals surface area contributed by atoms with Crippen molar-refractivity contribution in [3.63, 3.8) is 0 Å². The molecule has 1 fully saturated rings. The van der Waals surface area contributed by atoms with E-state index in [0.29, 0.717) is 12.2 Å². The van der Waals surface area contributed by atoms with E-state index in [4.69, 9.17) is 9.47 Å². The maximum absolute atomic E-state index is 5.54. The minimum Gasteiger partial charge on any atom is -0.454 e. The summed E-state index contributed by atoms with van der Waals surface area (Å²) in [7, 11) is 0. The first-order chi connectivity index (χ1) is 11.4. The van der Waals surface area contributed by atoms with E-state index in [-0.39, 0.29) is 0 Å². The number of rotatable bonds is 4. The highest BCUT2D eigenvalue weighted by Crippen LogP contribution is 2.38. The average Bonchev–Trinajstić information content (AvgIpc) is 3.09. The Morgan fingerprint density at radius 2 is 2.22 bits per heavy atom. The third kappa shape index (κ3) is 3.23. The lowest BCUT2D eigenvalue weighted by atomic mass is 10.2. The van der Waals surface area contributed by atoms with Crippen molar-refractivity contribution in [1.82, 2.24) is 9.71 Å². The third-order valence-electron chi connectivity index (χ3n) is 4.06. The number of aromatic nitrogens is 1. The molecule has 1 aromatic heterocycles. The van der Waals surface area contributed by atoms with Gasteiger partial charge in [0.25, 0.3) is 0 Å². The molecule has 3 heterocycles. The van der Waals surface area contributed by atoms with Crippen molar-refractivity contribution in [3.05, 3.63) is 48.3 Å². The fraction of sp³-hybridized carbons (Fsp3) is 0.353. The zero-order valence-electron chi connectivity index (χ0n) is 12.8. The Balaban J connectivity index is 1.63. The number of nitrogens with one attached hydrogen (secondary N) is 1. The minimum atomic E-state index is 0.307. The average molecular weight is 329 g/mol. The molecule has 1 N–H and O–H groups in total. The minimum absolute atomic E-state index is 0.307. The fourth-order valence-electron chi connectivity index (χ4n) is 2.89. The molecule has 2 aliphatic rings. The van der Waals surface area contributed by atoms with E-state index < -0.39 is 0 Å². The van der Waals surface area contributed by atoms with Gasteiger partial charge in [-0.3, -0.25) is 9.71 Å². The predicted octanol–water partition coefficient (Wildman–Crippen LogP) is 3.17. The molecule has 6 heteroatoms. The Kier molecular flexibility index (Phi) is 4.26. The van der Waals surface area contributed by atoms with E-state index in [2.05, 4.69) is 32.8 Å². The molecule has 0 saturated carbocycles. The van der Waals surface area contributed by atoms with Crippen molar-refractivity contribution in [3.8, 4) is 11.5 Å². The summed E-state index contributed by atoms with van der Waals surface area (Å²) in [5.74, 6) is 1.65. The van der Waals surface area contributed by atoms with E-state index in [1.54, 1.807) is 11.9 Å². The van der Waals surface area contributed by atoms with Gasteiger partial charge in [0.05, 0.1) is 5.37 Å². The normalized spacial score (nSPS) is 19.6. The van der Waals surface area contributed by atoms with Gasteiger partial charge >= 0.3 is 0 Å². The van der Waals surface area contributed by atoms with Crippen molar-refractivity contribution >= 4 is 17.6 Å². The molecule has 2 aliphatic heterocycles. The second-order valence-electron chi connectivity index (χ2n) is 5.64. The van der Waals surface area contributed by atoms with Gasteiger partial charge in [0, 0.05) is 37.2 Å². The van der Waals surface area contributed by atoms with Crippen molar-refractivity contribution < 1.29 is 9.47 Å². The highest BCUT2D eigenvalue weighted by molar-refractivity contribution is 7.98. The van der Waals surface area contributed by atoms with Gasteiger partial charge in [-0.25, -0.2) is 0 Å². The van der Waals surface area contributed by atoms with Gasteiger partial charge in [-0.15, -0.1) is 0 Å².